The van der Waals surface area contributed by atoms with Crippen molar-refractivity contribution >= 4 is 15.9 Å². The Bertz CT molecular complexity index is 562. The van der Waals surface area contributed by atoms with Gasteiger partial charge in [-0.15, -0.1) is 0 Å². The Kier molecular flexibility index (Phi) is 5.23. The second kappa shape index (κ2) is 6.92. The Morgan fingerprint density at radius 2 is 2.20 bits per heavy atom. The highest BCUT2D eigenvalue weighted by Crippen LogP contribution is 2.25. The second-order valence-corrected chi connectivity index (χ2v) is 5.61. The van der Waals surface area contributed by atoms with Crippen LogP contribution in [0.1, 0.15) is 17.2 Å². The van der Waals surface area contributed by atoms with Crippen molar-refractivity contribution in [3.63, 3.8) is 0 Å². The van der Waals surface area contributed by atoms with Crippen LogP contribution in [-0.4, -0.2) is 23.5 Å². The predicted octanol–water partition coefficient (Wildman–Crippen LogP) is 3.12. The summed E-state index contributed by atoms with van der Waals surface area (Å²) in [6.45, 7) is 1.03. The highest BCUT2D eigenvalue weighted by atomic mass is 79.9. The summed E-state index contributed by atoms with van der Waals surface area (Å²) >= 11 is 3.27. The minimum absolute atomic E-state index is 0.164. The summed E-state index contributed by atoms with van der Waals surface area (Å²) in [6, 6.07) is 8.80. The van der Waals surface area contributed by atoms with E-state index in [1.165, 1.54) is 6.07 Å². The van der Waals surface area contributed by atoms with Gasteiger partial charge in [0.25, 0.3) is 0 Å². The molecule has 0 bridgehead atoms. The second-order valence-electron chi connectivity index (χ2n) is 4.69. The SMILES string of the molecule is CN(Cc1cccnc1)C(CN)c1ccc(Br)cc1F. The average Bonchev–Trinajstić information content (AvgIpc) is 2.43. The summed E-state index contributed by atoms with van der Waals surface area (Å²) in [7, 11) is 1.94. The Morgan fingerprint density at radius 3 is 2.80 bits per heavy atom. The number of hydrogen-bond acceptors (Lipinski definition) is 3. The van der Waals surface area contributed by atoms with E-state index < -0.39 is 0 Å². The molecule has 1 unspecified atom stereocenters. The van der Waals surface area contributed by atoms with Gasteiger partial charge in [-0.3, -0.25) is 9.88 Å². The van der Waals surface area contributed by atoms with Gasteiger partial charge in [0, 0.05) is 41.6 Å². The van der Waals surface area contributed by atoms with Crippen LogP contribution in [0.15, 0.2) is 47.2 Å². The number of aromatic nitrogens is 1. The molecule has 3 nitrogen and oxygen atoms in total. The molecule has 2 aromatic rings. The number of benzene rings is 1. The highest BCUT2D eigenvalue weighted by molar-refractivity contribution is 9.10. The minimum Gasteiger partial charge on any atom is -0.329 e. The maximum Gasteiger partial charge on any atom is 0.129 e. The quantitative estimate of drug-likeness (QED) is 0.911. The van der Waals surface area contributed by atoms with Crippen LogP contribution in [0.4, 0.5) is 4.39 Å². The van der Waals surface area contributed by atoms with Crippen LogP contribution in [0.5, 0.6) is 0 Å². The third-order valence-electron chi connectivity index (χ3n) is 3.23. The predicted molar refractivity (Wildman–Crippen MR) is 81.6 cm³/mol. The number of rotatable bonds is 5. The van der Waals surface area contributed by atoms with Crippen LogP contribution in [-0.2, 0) is 6.54 Å². The lowest BCUT2D eigenvalue weighted by atomic mass is 10.0. The molecular weight excluding hydrogens is 321 g/mol. The lowest BCUT2D eigenvalue weighted by Gasteiger charge is -2.27. The first-order valence-corrected chi connectivity index (χ1v) is 7.15. The zero-order chi connectivity index (χ0) is 14.5. The van der Waals surface area contributed by atoms with Gasteiger partial charge in [0.1, 0.15) is 5.82 Å². The molecule has 0 aliphatic rings. The molecule has 106 valence electrons. The first-order valence-electron chi connectivity index (χ1n) is 6.36. The molecule has 0 saturated heterocycles. The Morgan fingerprint density at radius 1 is 1.40 bits per heavy atom. The monoisotopic (exact) mass is 337 g/mol. The van der Waals surface area contributed by atoms with E-state index in [9.17, 15) is 4.39 Å². The van der Waals surface area contributed by atoms with Crippen LogP contribution < -0.4 is 5.73 Å². The average molecular weight is 338 g/mol. The summed E-state index contributed by atoms with van der Waals surface area (Å²) < 4.78 is 14.8. The van der Waals surface area contributed by atoms with Crippen LogP contribution in [0.3, 0.4) is 0 Å². The van der Waals surface area contributed by atoms with Crippen molar-refractivity contribution < 1.29 is 4.39 Å². The lowest BCUT2D eigenvalue weighted by molar-refractivity contribution is 0.236. The van der Waals surface area contributed by atoms with Gasteiger partial charge in [-0.25, -0.2) is 4.39 Å². The Balaban J connectivity index is 2.19. The van der Waals surface area contributed by atoms with E-state index in [0.29, 0.717) is 18.7 Å². The van der Waals surface area contributed by atoms with Crippen molar-refractivity contribution in [2.24, 2.45) is 5.73 Å². The van der Waals surface area contributed by atoms with E-state index in [2.05, 4.69) is 20.9 Å². The molecule has 0 radical (unpaired) electrons. The molecule has 20 heavy (non-hydrogen) atoms. The van der Waals surface area contributed by atoms with Gasteiger partial charge in [0.2, 0.25) is 0 Å². The molecule has 5 heteroatoms. The molecule has 0 aliphatic heterocycles. The standard InChI is InChI=1S/C15H17BrFN3/c1-20(10-11-3-2-6-19-9-11)15(8-18)13-5-4-12(16)7-14(13)17/h2-7,9,15H,8,10,18H2,1H3. The van der Waals surface area contributed by atoms with Gasteiger partial charge >= 0.3 is 0 Å². The summed E-state index contributed by atoms with van der Waals surface area (Å²) in [4.78, 5) is 6.12. The van der Waals surface area contributed by atoms with E-state index in [-0.39, 0.29) is 11.9 Å². The highest BCUT2D eigenvalue weighted by Gasteiger charge is 2.19. The molecule has 1 heterocycles. The third kappa shape index (κ3) is 3.62. The first-order chi connectivity index (χ1) is 9.61. The molecule has 2 rings (SSSR count). The lowest BCUT2D eigenvalue weighted by Crippen LogP contribution is -2.30. The normalized spacial score (nSPS) is 12.7. The fourth-order valence-electron chi connectivity index (χ4n) is 2.21. The van der Waals surface area contributed by atoms with Crippen LogP contribution >= 0.6 is 15.9 Å². The third-order valence-corrected chi connectivity index (χ3v) is 3.72. The maximum atomic E-state index is 14.1. The van der Waals surface area contributed by atoms with Crippen molar-refractivity contribution in [2.45, 2.75) is 12.6 Å². The zero-order valence-corrected chi connectivity index (χ0v) is 12.8. The fraction of sp³-hybridized carbons (Fsp3) is 0.267. The van der Waals surface area contributed by atoms with Crippen molar-refractivity contribution in [2.75, 3.05) is 13.6 Å². The summed E-state index contributed by atoms with van der Waals surface area (Å²) in [5.41, 5.74) is 7.52. The van der Waals surface area contributed by atoms with E-state index in [1.54, 1.807) is 12.3 Å². The van der Waals surface area contributed by atoms with Gasteiger partial charge < -0.3 is 5.73 Å². The van der Waals surface area contributed by atoms with Crippen molar-refractivity contribution in [1.82, 2.24) is 9.88 Å². The molecule has 0 saturated carbocycles. The van der Waals surface area contributed by atoms with Gasteiger partial charge in [0.05, 0.1) is 0 Å². The van der Waals surface area contributed by atoms with Gasteiger partial charge in [-0.2, -0.15) is 0 Å². The van der Waals surface area contributed by atoms with Gasteiger partial charge in [0.15, 0.2) is 0 Å². The number of nitrogens with two attached hydrogens (primary N) is 1. The summed E-state index contributed by atoms with van der Waals surface area (Å²) in [5.74, 6) is -0.243. The van der Waals surface area contributed by atoms with Crippen molar-refractivity contribution in [3.8, 4) is 0 Å². The molecule has 1 aromatic heterocycles. The molecule has 0 amide bonds. The Labute approximate surface area is 126 Å². The number of halogens is 2. The number of hydrogen-bond donors (Lipinski definition) is 1. The molecule has 2 N–H and O–H groups in total. The first kappa shape index (κ1) is 15.1. The molecule has 0 fully saturated rings. The molecule has 1 atom stereocenters. The molecule has 0 spiro atoms. The molecule has 0 aliphatic carbocycles. The molecular formula is C15H17BrFN3. The number of pyridine rings is 1. The van der Waals surface area contributed by atoms with Crippen molar-refractivity contribution in [3.05, 3.63) is 64.1 Å². The van der Waals surface area contributed by atoms with E-state index >= 15 is 0 Å². The van der Waals surface area contributed by atoms with Crippen LogP contribution in [0, 0.1) is 5.82 Å². The maximum absolute atomic E-state index is 14.1. The largest absolute Gasteiger partial charge is 0.329 e. The molecule has 1 aromatic carbocycles. The fourth-order valence-corrected chi connectivity index (χ4v) is 2.54. The topological polar surface area (TPSA) is 42.2 Å². The van der Waals surface area contributed by atoms with Crippen LogP contribution in [0.25, 0.3) is 0 Å². The number of likely N-dealkylation sites (N-methyl/N-ethyl adjacent to an activating group) is 1. The van der Waals surface area contributed by atoms with E-state index in [4.69, 9.17) is 5.73 Å². The van der Waals surface area contributed by atoms with E-state index in [1.807, 2.05) is 36.3 Å². The Hall–Kier alpha value is -1.30. The zero-order valence-electron chi connectivity index (χ0n) is 11.3. The van der Waals surface area contributed by atoms with Gasteiger partial charge in [-0.1, -0.05) is 28.1 Å². The number of nitrogens with zero attached hydrogens (tertiary/aromatic N) is 2. The summed E-state index contributed by atoms with van der Waals surface area (Å²) in [6.07, 6.45) is 3.54. The minimum atomic E-state index is -0.243. The summed E-state index contributed by atoms with van der Waals surface area (Å²) in [5, 5.41) is 0. The smallest absolute Gasteiger partial charge is 0.129 e. The van der Waals surface area contributed by atoms with E-state index in [0.717, 1.165) is 10.0 Å². The van der Waals surface area contributed by atoms with Gasteiger partial charge in [-0.05, 0) is 30.8 Å². The van der Waals surface area contributed by atoms with Crippen LogP contribution in [0.2, 0.25) is 0 Å². The van der Waals surface area contributed by atoms with Crippen molar-refractivity contribution in [1.29, 1.82) is 0 Å².